The third-order valence-corrected chi connectivity index (χ3v) is 3.50. The van der Waals surface area contributed by atoms with Crippen LogP contribution >= 0.6 is 0 Å². The van der Waals surface area contributed by atoms with Gasteiger partial charge in [-0.05, 0) is 36.6 Å². The second-order valence-electron chi connectivity index (χ2n) is 4.89. The molecule has 3 N–H and O–H groups in total. The van der Waals surface area contributed by atoms with E-state index in [1.54, 1.807) is 11.0 Å². The molecular formula is C15H15N3O2. The average molecular weight is 269 g/mol. The lowest BCUT2D eigenvalue weighted by molar-refractivity contribution is 0.0985. The number of nitrogens with two attached hydrogens (primary N) is 1. The van der Waals surface area contributed by atoms with Gasteiger partial charge < -0.3 is 15.6 Å². The molecule has 2 aromatic rings. The summed E-state index contributed by atoms with van der Waals surface area (Å²) in [5, 5.41) is 0. The van der Waals surface area contributed by atoms with E-state index in [-0.39, 0.29) is 11.5 Å². The number of H-pyrrole nitrogens is 1. The number of carbonyl (C=O) groups excluding carboxylic acids is 1. The van der Waals surface area contributed by atoms with Crippen molar-refractivity contribution in [3.05, 3.63) is 58.0 Å². The second kappa shape index (κ2) is 4.85. The van der Waals surface area contributed by atoms with Crippen LogP contribution in [0.2, 0.25) is 0 Å². The summed E-state index contributed by atoms with van der Waals surface area (Å²) >= 11 is 0. The van der Waals surface area contributed by atoms with E-state index in [1.165, 1.54) is 12.3 Å². The molecule has 5 nitrogen and oxygen atoms in total. The number of aryl methyl sites for hydroxylation is 1. The van der Waals surface area contributed by atoms with E-state index in [1.807, 2.05) is 18.2 Å². The maximum absolute atomic E-state index is 12.6. The summed E-state index contributed by atoms with van der Waals surface area (Å²) in [4.78, 5) is 28.1. The molecule has 1 aliphatic heterocycles. The molecule has 1 amide bonds. The van der Waals surface area contributed by atoms with Gasteiger partial charge in [-0.15, -0.1) is 0 Å². The maximum Gasteiger partial charge on any atom is 0.258 e. The molecule has 2 heterocycles. The number of aromatic amines is 1. The van der Waals surface area contributed by atoms with Crippen LogP contribution < -0.4 is 16.2 Å². The number of benzene rings is 1. The summed E-state index contributed by atoms with van der Waals surface area (Å²) < 4.78 is 0. The molecule has 5 heteroatoms. The molecule has 20 heavy (non-hydrogen) atoms. The van der Waals surface area contributed by atoms with Crippen LogP contribution in [-0.2, 0) is 6.42 Å². The van der Waals surface area contributed by atoms with Crippen molar-refractivity contribution in [1.82, 2.24) is 4.98 Å². The van der Waals surface area contributed by atoms with E-state index in [0.717, 1.165) is 24.1 Å². The first-order chi connectivity index (χ1) is 9.65. The fourth-order valence-electron chi connectivity index (χ4n) is 2.54. The predicted octanol–water partition coefficient (Wildman–Crippen LogP) is 1.55. The van der Waals surface area contributed by atoms with E-state index in [0.29, 0.717) is 17.8 Å². The summed E-state index contributed by atoms with van der Waals surface area (Å²) in [5.41, 5.74) is 8.53. The third-order valence-electron chi connectivity index (χ3n) is 3.50. The highest BCUT2D eigenvalue weighted by atomic mass is 16.2. The zero-order valence-corrected chi connectivity index (χ0v) is 10.9. The number of nitrogen functional groups attached to an aromatic ring is 1. The van der Waals surface area contributed by atoms with Gasteiger partial charge in [0.2, 0.25) is 5.56 Å². The number of rotatable bonds is 1. The summed E-state index contributed by atoms with van der Waals surface area (Å²) in [6.45, 7) is 0.641. The fourth-order valence-corrected chi connectivity index (χ4v) is 2.54. The molecule has 0 radical (unpaired) electrons. The Morgan fingerprint density at radius 3 is 2.90 bits per heavy atom. The van der Waals surface area contributed by atoms with Crippen molar-refractivity contribution in [3.63, 3.8) is 0 Å². The summed E-state index contributed by atoms with van der Waals surface area (Å²) in [5.74, 6) is -0.164. The smallest absolute Gasteiger partial charge is 0.258 e. The molecule has 3 rings (SSSR count). The molecule has 0 saturated carbocycles. The van der Waals surface area contributed by atoms with Crippen molar-refractivity contribution in [3.8, 4) is 0 Å². The highest BCUT2D eigenvalue weighted by Gasteiger charge is 2.23. The van der Waals surface area contributed by atoms with Crippen molar-refractivity contribution in [1.29, 1.82) is 0 Å². The van der Waals surface area contributed by atoms with E-state index < -0.39 is 0 Å². The third kappa shape index (κ3) is 2.18. The minimum atomic E-state index is -0.277. The number of hydrogen-bond donors (Lipinski definition) is 2. The van der Waals surface area contributed by atoms with Gasteiger partial charge in [0.05, 0.1) is 0 Å². The molecule has 0 fully saturated rings. The van der Waals surface area contributed by atoms with Crippen LogP contribution in [0.15, 0.2) is 41.3 Å². The second-order valence-corrected chi connectivity index (χ2v) is 4.89. The lowest BCUT2D eigenvalue weighted by atomic mass is 10.0. The van der Waals surface area contributed by atoms with Crippen LogP contribution in [0.1, 0.15) is 22.3 Å². The summed E-state index contributed by atoms with van der Waals surface area (Å²) in [6.07, 6.45) is 3.33. The topological polar surface area (TPSA) is 79.2 Å². The highest BCUT2D eigenvalue weighted by molar-refractivity contribution is 6.06. The predicted molar refractivity (Wildman–Crippen MR) is 77.9 cm³/mol. The Balaban J connectivity index is 2.02. The number of nitrogens with zero attached hydrogens (tertiary/aromatic N) is 1. The molecule has 0 saturated heterocycles. The minimum absolute atomic E-state index is 0.164. The first-order valence-corrected chi connectivity index (χ1v) is 6.54. The molecule has 0 bridgehead atoms. The van der Waals surface area contributed by atoms with Gasteiger partial charge in [0.1, 0.15) is 0 Å². The van der Waals surface area contributed by atoms with E-state index in [4.69, 9.17) is 5.73 Å². The van der Waals surface area contributed by atoms with Crippen LogP contribution in [0.5, 0.6) is 0 Å². The zero-order chi connectivity index (χ0) is 14.1. The first-order valence-electron chi connectivity index (χ1n) is 6.54. The number of nitrogens with one attached hydrogen (secondary N) is 1. The van der Waals surface area contributed by atoms with Crippen LogP contribution in [0.25, 0.3) is 0 Å². The van der Waals surface area contributed by atoms with Crippen LogP contribution in [0.4, 0.5) is 11.4 Å². The number of carbonyl (C=O) groups is 1. The normalized spacial score (nSPS) is 13.9. The monoisotopic (exact) mass is 269 g/mol. The largest absolute Gasteiger partial charge is 0.399 e. The zero-order valence-electron chi connectivity index (χ0n) is 10.9. The van der Waals surface area contributed by atoms with Gasteiger partial charge in [-0.3, -0.25) is 9.59 Å². The van der Waals surface area contributed by atoms with E-state index >= 15 is 0 Å². The Hall–Kier alpha value is -2.56. The van der Waals surface area contributed by atoms with Gasteiger partial charge in [0.25, 0.3) is 5.91 Å². The number of amides is 1. The van der Waals surface area contributed by atoms with E-state index in [9.17, 15) is 9.59 Å². The standard InChI is InChI=1S/C15H15N3O2/c16-12-4-3-10-2-1-7-18(13(10)9-12)15(20)11-5-6-17-14(19)8-11/h3-6,8-9H,1-2,7,16H2,(H,17,19). The number of anilines is 2. The molecule has 1 aromatic carbocycles. The van der Waals surface area contributed by atoms with Crippen molar-refractivity contribution < 1.29 is 4.79 Å². The Morgan fingerprint density at radius 2 is 2.10 bits per heavy atom. The van der Waals surface area contributed by atoms with Gasteiger partial charge in [-0.25, -0.2) is 0 Å². The lowest BCUT2D eigenvalue weighted by Gasteiger charge is -2.29. The van der Waals surface area contributed by atoms with Gasteiger partial charge in [-0.1, -0.05) is 6.07 Å². The Bertz CT molecular complexity index is 721. The van der Waals surface area contributed by atoms with Gasteiger partial charge in [0, 0.05) is 35.7 Å². The molecule has 102 valence electrons. The number of aromatic nitrogens is 1. The maximum atomic E-state index is 12.6. The quantitative estimate of drug-likeness (QED) is 0.771. The lowest BCUT2D eigenvalue weighted by Crippen LogP contribution is -2.36. The molecule has 0 atom stereocenters. The molecule has 0 unspecified atom stereocenters. The molecular weight excluding hydrogens is 254 g/mol. The average Bonchev–Trinajstić information content (AvgIpc) is 2.46. The molecule has 1 aliphatic rings. The Kier molecular flexibility index (Phi) is 3.02. The number of fused-ring (bicyclic) bond motifs is 1. The fraction of sp³-hybridized carbons (Fsp3) is 0.200. The van der Waals surface area contributed by atoms with E-state index in [2.05, 4.69) is 4.98 Å². The SMILES string of the molecule is Nc1ccc2c(c1)N(C(=O)c1cc[nH]c(=O)c1)CCC2. The molecule has 0 spiro atoms. The highest BCUT2D eigenvalue weighted by Crippen LogP contribution is 2.30. The minimum Gasteiger partial charge on any atom is -0.399 e. The van der Waals surface area contributed by atoms with Crippen LogP contribution in [0.3, 0.4) is 0 Å². The summed E-state index contributed by atoms with van der Waals surface area (Å²) in [7, 11) is 0. The van der Waals surface area contributed by atoms with Crippen LogP contribution in [-0.4, -0.2) is 17.4 Å². The molecule has 0 aliphatic carbocycles. The van der Waals surface area contributed by atoms with Crippen molar-refractivity contribution in [2.45, 2.75) is 12.8 Å². The van der Waals surface area contributed by atoms with Crippen molar-refractivity contribution in [2.75, 3.05) is 17.2 Å². The Morgan fingerprint density at radius 1 is 1.25 bits per heavy atom. The summed E-state index contributed by atoms with van der Waals surface area (Å²) in [6, 6.07) is 8.56. The van der Waals surface area contributed by atoms with Crippen LogP contribution in [0, 0.1) is 0 Å². The number of pyridine rings is 1. The van der Waals surface area contributed by atoms with Gasteiger partial charge in [0.15, 0.2) is 0 Å². The van der Waals surface area contributed by atoms with Gasteiger partial charge in [-0.2, -0.15) is 0 Å². The number of hydrogen-bond acceptors (Lipinski definition) is 3. The van der Waals surface area contributed by atoms with Crippen molar-refractivity contribution in [2.24, 2.45) is 0 Å². The van der Waals surface area contributed by atoms with Crippen molar-refractivity contribution >= 4 is 17.3 Å². The first kappa shape index (κ1) is 12.5. The van der Waals surface area contributed by atoms with Gasteiger partial charge >= 0.3 is 0 Å². The molecule has 1 aromatic heterocycles. The Labute approximate surface area is 116 Å².